The van der Waals surface area contributed by atoms with Crippen LogP contribution in [0, 0.1) is 0 Å². The second-order valence-electron chi connectivity index (χ2n) is 14.1. The van der Waals surface area contributed by atoms with Gasteiger partial charge in [-0.1, -0.05) is 42.5 Å². The molecular weight excluding hydrogens is 759 g/mol. The Balaban J connectivity index is 0.000000425. The van der Waals surface area contributed by atoms with Crippen LogP contribution in [0.5, 0.6) is 11.5 Å². The van der Waals surface area contributed by atoms with Crippen molar-refractivity contribution in [3.8, 4) is 11.5 Å². The summed E-state index contributed by atoms with van der Waals surface area (Å²) in [6, 6.07) is 36.8. The normalized spacial score (nSPS) is 12.0. The second-order valence-corrected chi connectivity index (χ2v) is 14.1. The number of rotatable bonds is 11. The van der Waals surface area contributed by atoms with E-state index in [0.29, 0.717) is 40.5 Å². The van der Waals surface area contributed by atoms with Gasteiger partial charge in [0.15, 0.2) is 0 Å². The molecule has 1 aliphatic carbocycles. The molecule has 0 aliphatic heterocycles. The lowest BCUT2D eigenvalue weighted by atomic mass is 10.1. The topological polar surface area (TPSA) is 174 Å². The average molecular weight is 804 g/mol. The monoisotopic (exact) mass is 803 g/mol. The van der Waals surface area contributed by atoms with E-state index in [4.69, 9.17) is 25.3 Å². The number of phenolic OH excluding ortho intramolecular Hbond substituents is 1. The number of esters is 1. The number of ether oxygens (including phenoxy) is 2. The Hall–Kier alpha value is -7.54. The Kier molecular flexibility index (Phi) is 12.7. The summed E-state index contributed by atoms with van der Waals surface area (Å²) in [7, 11) is 1.91. The van der Waals surface area contributed by atoms with Crippen LogP contribution < -0.4 is 20.7 Å². The Labute approximate surface area is 347 Å². The van der Waals surface area contributed by atoms with E-state index in [1.165, 1.54) is 16.0 Å². The molecule has 8 rings (SSSR count). The van der Waals surface area contributed by atoms with Gasteiger partial charge in [0.05, 0.1) is 30.6 Å². The molecule has 0 atom stereocenters. The highest BCUT2D eigenvalue weighted by Gasteiger charge is 2.22. The molecule has 0 radical (unpaired) electrons. The number of aromatic nitrogens is 3. The minimum Gasteiger partial charge on any atom is -0.508 e. The first-order chi connectivity index (χ1) is 29.1. The van der Waals surface area contributed by atoms with Crippen LogP contribution in [0.15, 0.2) is 133 Å². The highest BCUT2D eigenvalue weighted by molar-refractivity contribution is 6.07. The molecule has 7 aromatic rings. The molecule has 0 bridgehead atoms. The summed E-state index contributed by atoms with van der Waals surface area (Å²) >= 11 is 0. The number of pyridine rings is 1. The molecule has 13 heteroatoms. The van der Waals surface area contributed by atoms with Gasteiger partial charge in [0, 0.05) is 36.6 Å². The number of amides is 2. The number of carbonyl (C=O) groups is 3. The molecule has 2 aromatic heterocycles. The number of imidazole rings is 1. The van der Waals surface area contributed by atoms with Crippen molar-refractivity contribution in [2.75, 3.05) is 23.4 Å². The number of aliphatic imine (C=N–C) groups is 1. The van der Waals surface area contributed by atoms with Gasteiger partial charge >= 0.3 is 12.1 Å². The van der Waals surface area contributed by atoms with Crippen LogP contribution in [0.1, 0.15) is 52.6 Å². The van der Waals surface area contributed by atoms with Crippen molar-refractivity contribution in [3.63, 3.8) is 0 Å². The van der Waals surface area contributed by atoms with Gasteiger partial charge in [0.25, 0.3) is 5.91 Å². The first kappa shape index (κ1) is 40.6. The maximum absolute atomic E-state index is 13.7. The molecule has 13 nitrogen and oxygen atoms in total. The van der Waals surface area contributed by atoms with E-state index in [9.17, 15) is 14.4 Å². The summed E-state index contributed by atoms with van der Waals surface area (Å²) in [6.07, 6.45) is 4.02. The van der Waals surface area contributed by atoms with E-state index in [1.54, 1.807) is 73.8 Å². The number of anilines is 2. The van der Waals surface area contributed by atoms with Crippen molar-refractivity contribution >= 4 is 57.1 Å². The zero-order valence-electron chi connectivity index (χ0n) is 33.4. The van der Waals surface area contributed by atoms with Crippen LogP contribution in [0.4, 0.5) is 16.3 Å². The molecule has 5 aromatic carbocycles. The van der Waals surface area contributed by atoms with Crippen molar-refractivity contribution in [2.24, 2.45) is 17.8 Å². The first-order valence-corrected chi connectivity index (χ1v) is 19.7. The number of fused-ring (bicyclic) bond motifs is 3. The van der Waals surface area contributed by atoms with E-state index in [0.717, 1.165) is 47.1 Å². The highest BCUT2D eigenvalue weighted by atomic mass is 16.5. The largest absolute Gasteiger partial charge is 0.508 e. The number of benzene rings is 5. The van der Waals surface area contributed by atoms with Gasteiger partial charge in [-0.25, -0.2) is 14.8 Å². The minimum absolute atomic E-state index is 0.0420. The summed E-state index contributed by atoms with van der Waals surface area (Å²) < 4.78 is 12.4. The summed E-state index contributed by atoms with van der Waals surface area (Å²) in [5, 5.41) is 14.7. The van der Waals surface area contributed by atoms with Crippen LogP contribution in [0.25, 0.3) is 21.8 Å². The molecule has 0 spiro atoms. The van der Waals surface area contributed by atoms with E-state index in [-0.39, 0.29) is 37.3 Å². The number of hydrogen-bond acceptors (Lipinski definition) is 9. The summed E-state index contributed by atoms with van der Waals surface area (Å²) in [5.41, 5.74) is 11.9. The van der Waals surface area contributed by atoms with Crippen molar-refractivity contribution in [2.45, 2.75) is 39.2 Å². The minimum atomic E-state index is -0.773. The quantitative estimate of drug-likeness (QED) is 0.0658. The van der Waals surface area contributed by atoms with Crippen molar-refractivity contribution in [1.29, 1.82) is 0 Å². The summed E-state index contributed by atoms with van der Waals surface area (Å²) in [4.78, 5) is 52.6. The Bertz CT molecular complexity index is 2680. The zero-order chi connectivity index (χ0) is 42.0. The van der Waals surface area contributed by atoms with Gasteiger partial charge in [-0.3, -0.25) is 14.5 Å². The smallest absolute Gasteiger partial charge is 0.441 e. The molecule has 1 aliphatic rings. The molecule has 0 saturated carbocycles. The number of phenols is 1. The molecule has 304 valence electrons. The highest BCUT2D eigenvalue weighted by Crippen LogP contribution is 2.27. The van der Waals surface area contributed by atoms with Gasteiger partial charge in [-0.05, 0) is 127 Å². The van der Waals surface area contributed by atoms with Gasteiger partial charge in [-0.2, -0.15) is 4.99 Å². The summed E-state index contributed by atoms with van der Waals surface area (Å²) in [6.45, 7) is 2.54. The van der Waals surface area contributed by atoms with Crippen LogP contribution in [0.3, 0.4) is 0 Å². The SMILES string of the molecule is CCOC(=O)CCN(C(=O)c1ccc2c(c1)nc(CNc1ccc(/C(N)=N\C(=O)Oc3ccc4c(c3)CCC4)cc1)n2C)c1ccccn1.Oc1ccc2ccccc2c1. The first-order valence-electron chi connectivity index (χ1n) is 19.7. The number of carbonyl (C=O) groups excluding carboxylic acids is 3. The fourth-order valence-electron chi connectivity index (χ4n) is 6.98. The molecule has 2 heterocycles. The van der Waals surface area contributed by atoms with Gasteiger partial charge in [-0.15, -0.1) is 0 Å². The zero-order valence-corrected chi connectivity index (χ0v) is 33.4. The number of amidine groups is 1. The number of aryl methyl sites for hydroxylation is 3. The van der Waals surface area contributed by atoms with Crippen LogP contribution >= 0.6 is 0 Å². The number of hydrogen-bond donors (Lipinski definition) is 3. The second kappa shape index (κ2) is 18.8. The lowest BCUT2D eigenvalue weighted by Crippen LogP contribution is -2.34. The van der Waals surface area contributed by atoms with E-state index in [1.807, 2.05) is 72.3 Å². The van der Waals surface area contributed by atoms with Crippen molar-refractivity contribution in [1.82, 2.24) is 14.5 Å². The fraction of sp³-hybridized carbons (Fsp3) is 0.191. The van der Waals surface area contributed by atoms with E-state index < -0.39 is 6.09 Å². The van der Waals surface area contributed by atoms with E-state index in [2.05, 4.69) is 15.3 Å². The number of nitrogens with one attached hydrogen (secondary N) is 1. The number of nitrogens with zero attached hydrogens (tertiary/aromatic N) is 5. The maximum Gasteiger partial charge on any atom is 0.441 e. The molecule has 0 unspecified atom stereocenters. The van der Waals surface area contributed by atoms with Gasteiger partial charge in [0.2, 0.25) is 0 Å². The fourth-order valence-corrected chi connectivity index (χ4v) is 6.98. The third kappa shape index (κ3) is 9.94. The third-order valence-corrected chi connectivity index (χ3v) is 10.1. The molecule has 0 fully saturated rings. The number of nitrogens with two attached hydrogens (primary N) is 1. The van der Waals surface area contributed by atoms with Crippen LogP contribution in [-0.4, -0.2) is 56.6 Å². The third-order valence-electron chi connectivity index (χ3n) is 10.1. The average Bonchev–Trinajstić information content (AvgIpc) is 3.86. The van der Waals surface area contributed by atoms with Gasteiger partial charge in [0.1, 0.15) is 29.0 Å². The van der Waals surface area contributed by atoms with Crippen LogP contribution in [0.2, 0.25) is 0 Å². The molecule has 60 heavy (non-hydrogen) atoms. The maximum atomic E-state index is 13.7. The Morgan fingerprint density at radius 3 is 2.42 bits per heavy atom. The lowest BCUT2D eigenvalue weighted by Gasteiger charge is -2.21. The number of aromatic hydroxyl groups is 1. The van der Waals surface area contributed by atoms with Gasteiger partial charge < -0.3 is 30.2 Å². The van der Waals surface area contributed by atoms with Crippen molar-refractivity contribution < 1.29 is 29.0 Å². The molecule has 4 N–H and O–H groups in total. The Morgan fingerprint density at radius 1 is 0.867 bits per heavy atom. The predicted octanol–water partition coefficient (Wildman–Crippen LogP) is 8.12. The lowest BCUT2D eigenvalue weighted by molar-refractivity contribution is -0.142. The van der Waals surface area contributed by atoms with E-state index >= 15 is 0 Å². The molecule has 2 amide bonds. The molecular formula is C47H45N7O6. The standard InChI is InChI=1S/C37H37N7O5.C10H8O/c1-3-48-34(45)18-20-44(32-9-4-5-19-39-32)36(46)27-13-17-31-30(22-27)41-33(43(31)2)23-40-28-14-10-25(11-15-28)35(38)42-37(47)49-29-16-12-24-7-6-8-26(24)21-29;11-10-6-5-8-3-1-2-4-9(8)7-10/h4-5,9-17,19,21-22,40H,3,6-8,18,20,23H2,1-2H3,(H2,38,42,47);1-7,11H. The predicted molar refractivity (Wildman–Crippen MR) is 232 cm³/mol. The summed E-state index contributed by atoms with van der Waals surface area (Å²) in [5.74, 6) is 1.35. The van der Waals surface area contributed by atoms with Crippen LogP contribution in [-0.2, 0) is 36.0 Å². The van der Waals surface area contributed by atoms with Crippen molar-refractivity contribution in [3.05, 3.63) is 156 Å². The Morgan fingerprint density at radius 2 is 1.63 bits per heavy atom. The molecule has 0 saturated heterocycles.